The van der Waals surface area contributed by atoms with Crippen molar-refractivity contribution in [1.82, 2.24) is 5.32 Å². The van der Waals surface area contributed by atoms with Crippen LogP contribution in [0, 0.1) is 32.6 Å². The van der Waals surface area contributed by atoms with E-state index in [2.05, 4.69) is 23.2 Å². The quantitative estimate of drug-likeness (QED) is 0.879. The third kappa shape index (κ3) is 5.19. The fourth-order valence-corrected chi connectivity index (χ4v) is 2.02. The van der Waals surface area contributed by atoms with Gasteiger partial charge in [0.15, 0.2) is 0 Å². The average Bonchev–Trinajstić information content (AvgIpc) is 2.54. The van der Waals surface area contributed by atoms with E-state index in [4.69, 9.17) is 4.74 Å². The summed E-state index contributed by atoms with van der Waals surface area (Å²) < 4.78 is 5.64. The number of ether oxygens (including phenoxy) is 1. The van der Waals surface area contributed by atoms with Gasteiger partial charge in [-0.05, 0) is 50.1 Å². The van der Waals surface area contributed by atoms with E-state index in [-0.39, 0.29) is 5.91 Å². The smallest absolute Gasteiger partial charge is 0.252 e. The van der Waals surface area contributed by atoms with Crippen molar-refractivity contribution in [2.45, 2.75) is 20.8 Å². The van der Waals surface area contributed by atoms with Gasteiger partial charge < -0.3 is 10.1 Å². The Morgan fingerprint density at radius 2 is 1.70 bits per heavy atom. The van der Waals surface area contributed by atoms with Crippen LogP contribution in [0.2, 0.25) is 0 Å². The Morgan fingerprint density at radius 3 is 2.43 bits per heavy atom. The van der Waals surface area contributed by atoms with Crippen molar-refractivity contribution < 1.29 is 9.53 Å². The summed E-state index contributed by atoms with van der Waals surface area (Å²) in [6.45, 7) is 6.64. The van der Waals surface area contributed by atoms with Crippen molar-refractivity contribution in [3.05, 3.63) is 64.7 Å². The fourth-order valence-electron chi connectivity index (χ4n) is 2.02. The third-order valence-corrected chi connectivity index (χ3v) is 3.42. The Morgan fingerprint density at radius 1 is 1.00 bits per heavy atom. The van der Waals surface area contributed by atoms with E-state index < -0.39 is 0 Å². The summed E-state index contributed by atoms with van der Waals surface area (Å²) in [5.41, 5.74) is 4.02. The van der Waals surface area contributed by atoms with Crippen LogP contribution in [0.25, 0.3) is 0 Å². The molecule has 118 valence electrons. The van der Waals surface area contributed by atoms with E-state index in [9.17, 15) is 4.79 Å². The normalized spacial score (nSPS) is 9.70. The lowest BCUT2D eigenvalue weighted by molar-refractivity contribution is 0.0958. The number of rotatable bonds is 4. The number of benzene rings is 2. The van der Waals surface area contributed by atoms with Crippen LogP contribution in [-0.2, 0) is 0 Å². The second kappa shape index (κ2) is 8.05. The minimum absolute atomic E-state index is 0.116. The van der Waals surface area contributed by atoms with Crippen LogP contribution in [0.15, 0.2) is 42.5 Å². The number of hydrogen-bond acceptors (Lipinski definition) is 2. The van der Waals surface area contributed by atoms with Crippen LogP contribution in [0.3, 0.4) is 0 Å². The molecule has 1 N–H and O–H groups in total. The summed E-state index contributed by atoms with van der Waals surface area (Å²) in [5.74, 6) is 6.54. The summed E-state index contributed by atoms with van der Waals surface area (Å²) in [6.07, 6.45) is 0. The lowest BCUT2D eigenvalue weighted by Crippen LogP contribution is -2.23. The molecule has 0 spiro atoms. The molecule has 1 amide bonds. The minimum atomic E-state index is -0.116. The Bertz CT molecular complexity index is 736. The van der Waals surface area contributed by atoms with Gasteiger partial charge in [0.2, 0.25) is 0 Å². The van der Waals surface area contributed by atoms with Crippen molar-refractivity contribution in [1.29, 1.82) is 0 Å². The highest BCUT2D eigenvalue weighted by Crippen LogP contribution is 2.18. The van der Waals surface area contributed by atoms with E-state index in [0.29, 0.717) is 18.7 Å². The van der Waals surface area contributed by atoms with Gasteiger partial charge in [-0.1, -0.05) is 41.7 Å². The summed E-state index contributed by atoms with van der Waals surface area (Å²) in [7, 11) is 0. The van der Waals surface area contributed by atoms with Gasteiger partial charge in [0.1, 0.15) is 12.4 Å². The molecule has 2 aromatic carbocycles. The van der Waals surface area contributed by atoms with Crippen molar-refractivity contribution in [2.75, 3.05) is 13.2 Å². The van der Waals surface area contributed by atoms with Crippen molar-refractivity contribution in [3.63, 3.8) is 0 Å². The SMILES string of the molecule is Cc1ccc(C(=O)NCC#CCOc2cc(C)ccc2C)cc1. The van der Waals surface area contributed by atoms with Gasteiger partial charge in [-0.25, -0.2) is 0 Å². The van der Waals surface area contributed by atoms with Crippen LogP contribution in [0.5, 0.6) is 5.75 Å². The zero-order valence-corrected chi connectivity index (χ0v) is 13.8. The molecule has 0 bridgehead atoms. The fraction of sp³-hybridized carbons (Fsp3) is 0.250. The van der Waals surface area contributed by atoms with Crippen molar-refractivity contribution in [2.24, 2.45) is 0 Å². The van der Waals surface area contributed by atoms with E-state index in [0.717, 1.165) is 22.4 Å². The maximum absolute atomic E-state index is 11.9. The van der Waals surface area contributed by atoms with Crippen LogP contribution < -0.4 is 10.1 Å². The molecule has 0 radical (unpaired) electrons. The van der Waals surface area contributed by atoms with E-state index >= 15 is 0 Å². The lowest BCUT2D eigenvalue weighted by Gasteiger charge is -2.06. The highest BCUT2D eigenvalue weighted by atomic mass is 16.5. The molecule has 0 aromatic heterocycles. The van der Waals surface area contributed by atoms with Gasteiger partial charge in [0.05, 0.1) is 6.54 Å². The molecule has 0 saturated carbocycles. The molecule has 3 nitrogen and oxygen atoms in total. The summed E-state index contributed by atoms with van der Waals surface area (Å²) in [5, 5.41) is 2.77. The largest absolute Gasteiger partial charge is 0.481 e. The van der Waals surface area contributed by atoms with Crippen LogP contribution >= 0.6 is 0 Å². The first kappa shape index (κ1) is 16.6. The molecule has 3 heteroatoms. The lowest BCUT2D eigenvalue weighted by atomic mass is 10.1. The Kier molecular flexibility index (Phi) is 5.82. The van der Waals surface area contributed by atoms with Gasteiger partial charge in [-0.15, -0.1) is 0 Å². The van der Waals surface area contributed by atoms with Crippen molar-refractivity contribution in [3.8, 4) is 17.6 Å². The van der Waals surface area contributed by atoms with Crippen LogP contribution in [0.4, 0.5) is 0 Å². The summed E-state index contributed by atoms with van der Waals surface area (Å²) in [4.78, 5) is 11.9. The number of carbonyl (C=O) groups excluding carboxylic acids is 1. The zero-order valence-electron chi connectivity index (χ0n) is 13.8. The Balaban J connectivity index is 1.77. The average molecular weight is 307 g/mol. The Hall–Kier alpha value is -2.73. The molecule has 2 rings (SSSR count). The van der Waals surface area contributed by atoms with Gasteiger partial charge in [-0.2, -0.15) is 0 Å². The predicted octanol–water partition coefficient (Wildman–Crippen LogP) is 3.42. The first-order chi connectivity index (χ1) is 11.1. The maximum atomic E-state index is 11.9. The molecule has 0 aliphatic rings. The highest BCUT2D eigenvalue weighted by Gasteiger charge is 2.02. The number of aryl methyl sites for hydroxylation is 3. The molecule has 23 heavy (non-hydrogen) atoms. The molecular weight excluding hydrogens is 286 g/mol. The van der Waals surface area contributed by atoms with Gasteiger partial charge >= 0.3 is 0 Å². The second-order valence-corrected chi connectivity index (χ2v) is 5.46. The van der Waals surface area contributed by atoms with E-state index in [1.54, 1.807) is 0 Å². The molecule has 0 aliphatic carbocycles. The van der Waals surface area contributed by atoms with Crippen LogP contribution in [0.1, 0.15) is 27.0 Å². The first-order valence-electron chi connectivity index (χ1n) is 7.57. The molecular formula is C20H21NO2. The first-order valence-corrected chi connectivity index (χ1v) is 7.57. The highest BCUT2D eigenvalue weighted by molar-refractivity contribution is 5.94. The van der Waals surface area contributed by atoms with Gasteiger partial charge in [0.25, 0.3) is 5.91 Å². The molecule has 0 atom stereocenters. The van der Waals surface area contributed by atoms with Gasteiger partial charge in [0, 0.05) is 5.56 Å². The molecule has 2 aromatic rings. The number of carbonyl (C=O) groups is 1. The summed E-state index contributed by atoms with van der Waals surface area (Å²) >= 11 is 0. The van der Waals surface area contributed by atoms with Crippen molar-refractivity contribution >= 4 is 5.91 Å². The van der Waals surface area contributed by atoms with E-state index in [1.165, 1.54) is 0 Å². The number of nitrogens with one attached hydrogen (secondary N) is 1. The molecule has 0 unspecified atom stereocenters. The number of hydrogen-bond donors (Lipinski definition) is 1. The maximum Gasteiger partial charge on any atom is 0.252 e. The summed E-state index contributed by atoms with van der Waals surface area (Å²) in [6, 6.07) is 13.5. The minimum Gasteiger partial charge on any atom is -0.481 e. The molecule has 0 saturated heterocycles. The second-order valence-electron chi connectivity index (χ2n) is 5.46. The third-order valence-electron chi connectivity index (χ3n) is 3.42. The topological polar surface area (TPSA) is 38.3 Å². The molecule has 0 heterocycles. The monoisotopic (exact) mass is 307 g/mol. The zero-order chi connectivity index (χ0) is 16.7. The predicted molar refractivity (Wildman–Crippen MR) is 92.7 cm³/mol. The van der Waals surface area contributed by atoms with Gasteiger partial charge in [-0.3, -0.25) is 4.79 Å². The van der Waals surface area contributed by atoms with Crippen LogP contribution in [-0.4, -0.2) is 19.1 Å². The molecule has 0 aliphatic heterocycles. The Labute approximate surface area is 137 Å². The number of amides is 1. The standard InChI is InChI=1S/C20H21NO2/c1-15-7-10-18(11-8-15)20(22)21-12-4-5-13-23-19-14-16(2)6-9-17(19)3/h6-11,14H,12-13H2,1-3H3,(H,21,22). The van der Waals surface area contributed by atoms with E-state index in [1.807, 2.05) is 57.2 Å². The molecule has 0 fully saturated rings.